The third-order valence-electron chi connectivity index (χ3n) is 4.14. The average molecular weight is 338 g/mol. The molecule has 0 amide bonds. The van der Waals surface area contributed by atoms with Crippen LogP contribution in [0.25, 0.3) is 27.9 Å². The van der Waals surface area contributed by atoms with Crippen molar-refractivity contribution in [2.24, 2.45) is 0 Å². The van der Waals surface area contributed by atoms with Crippen molar-refractivity contribution < 1.29 is 0 Å². The number of benzene rings is 2. The first-order chi connectivity index (χ1) is 12.8. The van der Waals surface area contributed by atoms with Crippen molar-refractivity contribution in [2.45, 2.75) is 12.8 Å². The molecule has 126 valence electrons. The largest absolute Gasteiger partial charge is 0.361 e. The van der Waals surface area contributed by atoms with Gasteiger partial charge < -0.3 is 9.97 Å². The highest BCUT2D eigenvalue weighted by Crippen LogP contribution is 2.18. The van der Waals surface area contributed by atoms with E-state index in [0.29, 0.717) is 6.42 Å². The monoisotopic (exact) mass is 338 g/mol. The third-order valence-corrected chi connectivity index (χ3v) is 4.14. The lowest BCUT2D eigenvalue weighted by molar-refractivity contribution is 1.02. The van der Waals surface area contributed by atoms with Crippen LogP contribution in [0.5, 0.6) is 0 Å². The Morgan fingerprint density at radius 1 is 0.846 bits per heavy atom. The van der Waals surface area contributed by atoms with Gasteiger partial charge in [-0.2, -0.15) is 10.5 Å². The average Bonchev–Trinajstić information content (AvgIpc) is 3.34. The first-order valence-electron chi connectivity index (χ1n) is 8.37. The number of hydrogen-bond donors (Lipinski definition) is 2. The van der Waals surface area contributed by atoms with Crippen molar-refractivity contribution in [1.29, 1.82) is 10.5 Å². The molecule has 2 aromatic carbocycles. The number of aryl methyl sites for hydroxylation is 1. The molecular weight excluding hydrogens is 320 g/mol. The normalized spacial score (nSPS) is 10.4. The van der Waals surface area contributed by atoms with Crippen LogP contribution < -0.4 is 0 Å². The summed E-state index contributed by atoms with van der Waals surface area (Å²) < 4.78 is 0. The molecule has 2 aromatic heterocycles. The molecule has 4 nitrogen and oxygen atoms in total. The van der Waals surface area contributed by atoms with Crippen LogP contribution in [0.3, 0.4) is 0 Å². The molecule has 4 rings (SSSR count). The van der Waals surface area contributed by atoms with Gasteiger partial charge in [-0.15, -0.1) is 0 Å². The van der Waals surface area contributed by atoms with Crippen LogP contribution in [0.1, 0.15) is 17.5 Å². The van der Waals surface area contributed by atoms with E-state index in [-0.39, 0.29) is 0 Å². The molecule has 0 fully saturated rings. The Morgan fingerprint density at radius 3 is 2.27 bits per heavy atom. The summed E-state index contributed by atoms with van der Waals surface area (Å²) in [7, 11) is 0. The second kappa shape index (κ2) is 8.37. The highest BCUT2D eigenvalue weighted by atomic mass is 14.7. The van der Waals surface area contributed by atoms with Crippen molar-refractivity contribution in [1.82, 2.24) is 9.97 Å². The Labute approximate surface area is 152 Å². The van der Waals surface area contributed by atoms with E-state index in [1.54, 1.807) is 6.08 Å². The highest BCUT2D eigenvalue weighted by Gasteiger charge is 2.00. The minimum Gasteiger partial charge on any atom is -0.361 e. The van der Waals surface area contributed by atoms with Crippen LogP contribution in [0.15, 0.2) is 67.0 Å². The van der Waals surface area contributed by atoms with Crippen LogP contribution in [-0.2, 0) is 6.42 Å². The van der Waals surface area contributed by atoms with Gasteiger partial charge in [0.05, 0.1) is 17.7 Å². The van der Waals surface area contributed by atoms with Crippen molar-refractivity contribution >= 4 is 27.9 Å². The fraction of sp³-hybridized carbons (Fsp3) is 0.0909. The van der Waals surface area contributed by atoms with Gasteiger partial charge in [0, 0.05) is 30.4 Å². The van der Waals surface area contributed by atoms with Crippen LogP contribution in [-0.4, -0.2) is 9.97 Å². The van der Waals surface area contributed by atoms with Gasteiger partial charge in [0.2, 0.25) is 0 Å². The number of hydrogen-bond acceptors (Lipinski definition) is 2. The number of fused-ring (bicyclic) bond motifs is 2. The molecular formula is C22H18N4. The molecule has 0 radical (unpaired) electrons. The first-order valence-corrected chi connectivity index (χ1v) is 8.37. The van der Waals surface area contributed by atoms with Gasteiger partial charge >= 0.3 is 0 Å². The lowest BCUT2D eigenvalue weighted by Gasteiger charge is -1.98. The molecule has 0 spiro atoms. The Morgan fingerprint density at radius 2 is 1.54 bits per heavy atom. The van der Waals surface area contributed by atoms with Gasteiger partial charge in [-0.1, -0.05) is 36.4 Å². The van der Waals surface area contributed by atoms with Crippen LogP contribution in [0, 0.1) is 22.7 Å². The Kier molecular flexibility index (Phi) is 5.50. The van der Waals surface area contributed by atoms with Crippen LogP contribution in [0.4, 0.5) is 0 Å². The quantitative estimate of drug-likeness (QED) is 0.495. The second-order valence-corrected chi connectivity index (χ2v) is 5.77. The summed E-state index contributed by atoms with van der Waals surface area (Å²) in [5.41, 5.74) is 4.51. The molecule has 26 heavy (non-hydrogen) atoms. The number of H-pyrrole nitrogens is 2. The van der Waals surface area contributed by atoms with E-state index in [2.05, 4.69) is 28.2 Å². The molecule has 0 saturated carbocycles. The second-order valence-electron chi connectivity index (χ2n) is 5.77. The zero-order chi connectivity index (χ0) is 18.2. The number of para-hydroxylation sites is 2. The maximum atomic E-state index is 8.49. The molecule has 4 aromatic rings. The number of allylic oxidation sites excluding steroid dienone is 1. The summed E-state index contributed by atoms with van der Waals surface area (Å²) in [5, 5.41) is 19.3. The molecule has 4 heteroatoms. The first kappa shape index (κ1) is 17.1. The Balaban J connectivity index is 0.000000151. The fourth-order valence-corrected chi connectivity index (χ4v) is 2.92. The predicted octanol–water partition coefficient (Wildman–Crippen LogP) is 5.33. The Hall–Kier alpha value is -3.76. The zero-order valence-corrected chi connectivity index (χ0v) is 14.2. The van der Waals surface area contributed by atoms with E-state index in [0.717, 1.165) is 23.0 Å². The standard InChI is InChI=1S/C11H10N2.C11H8N2/c2*12-7-2-5-9-3-1-4-10-6-8-13-11(9)10/h1,3-4,6,8,13H,2,5H2;1-6,8,13H/b;5-2+. The van der Waals surface area contributed by atoms with Gasteiger partial charge in [0.15, 0.2) is 0 Å². The number of rotatable bonds is 3. The predicted molar refractivity (Wildman–Crippen MR) is 105 cm³/mol. The van der Waals surface area contributed by atoms with E-state index in [1.165, 1.54) is 22.4 Å². The zero-order valence-electron chi connectivity index (χ0n) is 14.2. The molecule has 0 aliphatic carbocycles. The van der Waals surface area contributed by atoms with E-state index in [4.69, 9.17) is 10.5 Å². The molecule has 2 N–H and O–H groups in total. The summed E-state index contributed by atoms with van der Waals surface area (Å²) in [6.07, 6.45) is 8.52. The smallest absolute Gasteiger partial charge is 0.0912 e. The highest BCUT2D eigenvalue weighted by molar-refractivity contribution is 5.87. The lowest BCUT2D eigenvalue weighted by Crippen LogP contribution is -1.84. The molecule has 2 heterocycles. The van der Waals surface area contributed by atoms with Crippen LogP contribution >= 0.6 is 0 Å². The maximum absolute atomic E-state index is 8.49. The van der Waals surface area contributed by atoms with Crippen molar-refractivity contribution in [3.63, 3.8) is 0 Å². The van der Waals surface area contributed by atoms with Crippen molar-refractivity contribution in [3.8, 4) is 12.1 Å². The molecule has 0 aliphatic heterocycles. The summed E-state index contributed by atoms with van der Waals surface area (Å²) in [5.74, 6) is 0. The van der Waals surface area contributed by atoms with Crippen molar-refractivity contribution in [3.05, 3.63) is 78.1 Å². The van der Waals surface area contributed by atoms with Gasteiger partial charge in [0.25, 0.3) is 0 Å². The number of aromatic nitrogens is 2. The van der Waals surface area contributed by atoms with E-state index < -0.39 is 0 Å². The fourth-order valence-electron chi connectivity index (χ4n) is 2.92. The number of nitriles is 2. The molecule has 0 saturated heterocycles. The molecule has 0 aliphatic rings. The minimum absolute atomic E-state index is 0.581. The SMILES string of the molecule is N#C/C=C/c1cccc2cc[nH]c12.N#CCCc1cccc2cc[nH]c12. The van der Waals surface area contributed by atoms with Crippen LogP contribution in [0.2, 0.25) is 0 Å². The Bertz CT molecular complexity index is 1120. The van der Waals surface area contributed by atoms with E-state index in [9.17, 15) is 0 Å². The van der Waals surface area contributed by atoms with Gasteiger partial charge in [-0.3, -0.25) is 0 Å². The number of nitrogens with zero attached hydrogens (tertiary/aromatic N) is 2. The minimum atomic E-state index is 0.581. The molecule has 0 atom stereocenters. The van der Waals surface area contributed by atoms with Crippen molar-refractivity contribution in [2.75, 3.05) is 0 Å². The summed E-state index contributed by atoms with van der Waals surface area (Å²) in [4.78, 5) is 6.32. The lowest BCUT2D eigenvalue weighted by atomic mass is 10.1. The molecule has 0 unspecified atom stereocenters. The topological polar surface area (TPSA) is 79.2 Å². The summed E-state index contributed by atoms with van der Waals surface area (Å²) >= 11 is 0. The van der Waals surface area contributed by atoms with E-state index >= 15 is 0 Å². The number of aromatic amines is 2. The number of nitrogens with one attached hydrogen (secondary N) is 2. The molecule has 0 bridgehead atoms. The summed E-state index contributed by atoms with van der Waals surface area (Å²) in [6, 6.07) is 20.4. The van der Waals surface area contributed by atoms with Gasteiger partial charge in [-0.25, -0.2) is 0 Å². The maximum Gasteiger partial charge on any atom is 0.0912 e. The van der Waals surface area contributed by atoms with Gasteiger partial charge in [0.1, 0.15) is 0 Å². The van der Waals surface area contributed by atoms with Gasteiger partial charge in [-0.05, 0) is 46.5 Å². The van der Waals surface area contributed by atoms with E-state index in [1.807, 2.05) is 54.9 Å². The third kappa shape index (κ3) is 3.83. The summed E-state index contributed by atoms with van der Waals surface area (Å²) in [6.45, 7) is 0.